The first-order valence-corrected chi connectivity index (χ1v) is 7.51. The lowest BCUT2D eigenvalue weighted by atomic mass is 10.1. The molecule has 2 aromatic heterocycles. The predicted molar refractivity (Wildman–Crippen MR) is 87.9 cm³/mol. The molecule has 0 bridgehead atoms. The quantitative estimate of drug-likeness (QED) is 0.785. The summed E-state index contributed by atoms with van der Waals surface area (Å²) < 4.78 is 7.42. The smallest absolute Gasteiger partial charge is 0.309 e. The van der Waals surface area contributed by atoms with Crippen molar-refractivity contribution < 1.29 is 14.6 Å². The van der Waals surface area contributed by atoms with Gasteiger partial charge in [-0.2, -0.15) is 0 Å². The summed E-state index contributed by atoms with van der Waals surface area (Å²) in [6, 6.07) is 11.6. The van der Waals surface area contributed by atoms with E-state index in [1.807, 2.05) is 56.4 Å². The van der Waals surface area contributed by atoms with Crippen molar-refractivity contribution >= 4 is 11.6 Å². The molecule has 0 unspecified atom stereocenters. The number of pyridine rings is 1. The van der Waals surface area contributed by atoms with Crippen LogP contribution in [0.15, 0.2) is 42.6 Å². The molecule has 118 valence electrons. The molecule has 0 saturated heterocycles. The zero-order chi connectivity index (χ0) is 16.4. The van der Waals surface area contributed by atoms with E-state index in [2.05, 4.69) is 4.98 Å². The lowest BCUT2D eigenvalue weighted by Gasteiger charge is -2.05. The molecule has 0 saturated carbocycles. The maximum absolute atomic E-state index is 11.3. The van der Waals surface area contributed by atoms with Crippen LogP contribution in [-0.2, 0) is 11.2 Å². The van der Waals surface area contributed by atoms with Gasteiger partial charge in [-0.15, -0.1) is 0 Å². The van der Waals surface area contributed by atoms with E-state index in [-0.39, 0.29) is 6.42 Å². The molecular formula is C18H18N2O3. The Bertz CT molecular complexity index is 851. The second kappa shape index (κ2) is 6.12. The van der Waals surface area contributed by atoms with Crippen molar-refractivity contribution in [3.05, 3.63) is 53.9 Å². The fraction of sp³-hybridized carbons (Fsp3) is 0.222. The summed E-state index contributed by atoms with van der Waals surface area (Å²) in [6.07, 6.45) is 1.72. The van der Waals surface area contributed by atoms with Crippen LogP contribution >= 0.6 is 0 Å². The predicted octanol–water partition coefficient (Wildman–Crippen LogP) is 3.34. The van der Waals surface area contributed by atoms with Gasteiger partial charge in [-0.1, -0.05) is 29.8 Å². The van der Waals surface area contributed by atoms with Gasteiger partial charge in [-0.05, 0) is 26.0 Å². The summed E-state index contributed by atoms with van der Waals surface area (Å²) in [5.41, 5.74) is 4.02. The number of carbonyl (C=O) groups is 1. The van der Waals surface area contributed by atoms with Gasteiger partial charge in [0.1, 0.15) is 0 Å². The van der Waals surface area contributed by atoms with Crippen molar-refractivity contribution in [2.45, 2.75) is 20.3 Å². The fourth-order valence-corrected chi connectivity index (χ4v) is 2.61. The van der Waals surface area contributed by atoms with Crippen molar-refractivity contribution in [3.8, 4) is 17.0 Å². The van der Waals surface area contributed by atoms with Crippen LogP contribution in [0, 0.1) is 6.92 Å². The molecule has 0 spiro atoms. The van der Waals surface area contributed by atoms with Crippen LogP contribution in [0.1, 0.15) is 18.2 Å². The van der Waals surface area contributed by atoms with Crippen molar-refractivity contribution in [1.82, 2.24) is 9.38 Å². The van der Waals surface area contributed by atoms with Gasteiger partial charge in [0, 0.05) is 11.8 Å². The Hall–Kier alpha value is -2.82. The molecule has 2 heterocycles. The van der Waals surface area contributed by atoms with Crippen LogP contribution in [0.2, 0.25) is 0 Å². The number of aromatic nitrogens is 2. The summed E-state index contributed by atoms with van der Waals surface area (Å²) in [7, 11) is 0. The number of nitrogens with zero attached hydrogens (tertiary/aromatic N) is 2. The SMILES string of the molecule is CCOc1cccn2c(CC(=O)O)c(-c3ccc(C)cc3)nc12. The first kappa shape index (κ1) is 15.1. The van der Waals surface area contributed by atoms with Gasteiger partial charge in [0.15, 0.2) is 11.4 Å². The largest absolute Gasteiger partial charge is 0.490 e. The molecule has 0 radical (unpaired) electrons. The average Bonchev–Trinajstić information content (AvgIpc) is 2.88. The monoisotopic (exact) mass is 310 g/mol. The van der Waals surface area contributed by atoms with Crippen molar-refractivity contribution in [2.24, 2.45) is 0 Å². The highest BCUT2D eigenvalue weighted by atomic mass is 16.5. The Morgan fingerprint density at radius 3 is 2.65 bits per heavy atom. The Morgan fingerprint density at radius 2 is 2.00 bits per heavy atom. The molecule has 0 atom stereocenters. The number of aryl methyl sites for hydroxylation is 1. The standard InChI is InChI=1S/C18H18N2O3/c1-3-23-15-5-4-10-20-14(11-16(21)22)17(19-18(15)20)13-8-6-12(2)7-9-13/h4-10H,3,11H2,1-2H3,(H,21,22). The fourth-order valence-electron chi connectivity index (χ4n) is 2.61. The lowest BCUT2D eigenvalue weighted by Crippen LogP contribution is -2.05. The lowest BCUT2D eigenvalue weighted by molar-refractivity contribution is -0.136. The minimum absolute atomic E-state index is 0.0973. The van der Waals surface area contributed by atoms with E-state index in [0.29, 0.717) is 29.4 Å². The molecule has 3 aromatic rings. The molecule has 3 rings (SSSR count). The third kappa shape index (κ3) is 2.90. The highest BCUT2D eigenvalue weighted by Gasteiger charge is 2.18. The average molecular weight is 310 g/mol. The van der Waals surface area contributed by atoms with Gasteiger partial charge >= 0.3 is 5.97 Å². The van der Waals surface area contributed by atoms with E-state index >= 15 is 0 Å². The minimum Gasteiger partial charge on any atom is -0.490 e. The van der Waals surface area contributed by atoms with Gasteiger partial charge in [0.25, 0.3) is 0 Å². The molecule has 23 heavy (non-hydrogen) atoms. The number of aliphatic carboxylic acids is 1. The Balaban J connectivity index is 2.24. The van der Waals surface area contributed by atoms with Gasteiger partial charge in [-0.25, -0.2) is 4.98 Å². The second-order valence-electron chi connectivity index (χ2n) is 5.34. The van der Waals surface area contributed by atoms with Gasteiger partial charge in [-0.3, -0.25) is 9.20 Å². The zero-order valence-electron chi connectivity index (χ0n) is 13.1. The number of benzene rings is 1. The van der Waals surface area contributed by atoms with E-state index in [0.717, 1.165) is 11.1 Å². The number of imidazole rings is 1. The van der Waals surface area contributed by atoms with Gasteiger partial charge in [0.2, 0.25) is 0 Å². The zero-order valence-corrected chi connectivity index (χ0v) is 13.1. The number of fused-ring (bicyclic) bond motifs is 1. The molecule has 1 aromatic carbocycles. The second-order valence-corrected chi connectivity index (χ2v) is 5.34. The normalized spacial score (nSPS) is 10.9. The molecule has 5 nitrogen and oxygen atoms in total. The summed E-state index contributed by atoms with van der Waals surface area (Å²) >= 11 is 0. The topological polar surface area (TPSA) is 63.8 Å². The first-order valence-electron chi connectivity index (χ1n) is 7.51. The molecule has 5 heteroatoms. The Morgan fingerprint density at radius 1 is 1.26 bits per heavy atom. The van der Waals surface area contributed by atoms with Crippen LogP contribution < -0.4 is 4.74 Å². The van der Waals surface area contributed by atoms with Crippen LogP contribution in [0.5, 0.6) is 5.75 Å². The van der Waals surface area contributed by atoms with Crippen LogP contribution in [0.3, 0.4) is 0 Å². The molecule has 1 N–H and O–H groups in total. The summed E-state index contributed by atoms with van der Waals surface area (Å²) in [6.45, 7) is 4.45. The highest BCUT2D eigenvalue weighted by Crippen LogP contribution is 2.29. The third-order valence-electron chi connectivity index (χ3n) is 3.66. The van der Waals surface area contributed by atoms with Crippen molar-refractivity contribution in [3.63, 3.8) is 0 Å². The van der Waals surface area contributed by atoms with E-state index < -0.39 is 5.97 Å². The third-order valence-corrected chi connectivity index (χ3v) is 3.66. The molecular weight excluding hydrogens is 292 g/mol. The van der Waals surface area contributed by atoms with E-state index in [4.69, 9.17) is 4.74 Å². The first-order chi connectivity index (χ1) is 11.1. The number of carboxylic acids is 1. The molecule has 0 fully saturated rings. The molecule has 0 aliphatic carbocycles. The number of carboxylic acid groups (broad SMARTS) is 1. The van der Waals surface area contributed by atoms with E-state index in [1.54, 1.807) is 4.40 Å². The van der Waals surface area contributed by atoms with Crippen LogP contribution in [0.4, 0.5) is 0 Å². The molecule has 0 aliphatic rings. The van der Waals surface area contributed by atoms with Gasteiger partial charge < -0.3 is 9.84 Å². The number of ether oxygens (including phenoxy) is 1. The number of hydrogen-bond acceptors (Lipinski definition) is 3. The molecule has 0 aliphatic heterocycles. The van der Waals surface area contributed by atoms with Crippen LogP contribution in [0.25, 0.3) is 16.9 Å². The summed E-state index contributed by atoms with van der Waals surface area (Å²) in [5.74, 6) is -0.234. The van der Waals surface area contributed by atoms with Gasteiger partial charge in [0.05, 0.1) is 24.4 Å². The molecule has 0 amide bonds. The summed E-state index contributed by atoms with van der Waals surface area (Å²) in [5, 5.41) is 9.26. The van der Waals surface area contributed by atoms with E-state index in [1.165, 1.54) is 0 Å². The van der Waals surface area contributed by atoms with E-state index in [9.17, 15) is 9.90 Å². The Kier molecular flexibility index (Phi) is 4.02. The Labute approximate surface area is 134 Å². The van der Waals surface area contributed by atoms with Crippen molar-refractivity contribution in [2.75, 3.05) is 6.61 Å². The van der Waals surface area contributed by atoms with Crippen molar-refractivity contribution in [1.29, 1.82) is 0 Å². The maximum Gasteiger partial charge on any atom is 0.309 e. The summed E-state index contributed by atoms with van der Waals surface area (Å²) in [4.78, 5) is 15.9. The minimum atomic E-state index is -0.887. The highest BCUT2D eigenvalue weighted by molar-refractivity contribution is 5.77. The number of hydrogen-bond donors (Lipinski definition) is 1. The maximum atomic E-state index is 11.3. The van der Waals surface area contributed by atoms with Crippen LogP contribution in [-0.4, -0.2) is 27.1 Å². The number of rotatable bonds is 5.